The molecule has 0 aliphatic carbocycles. The van der Waals surface area contributed by atoms with Crippen LogP contribution in [-0.2, 0) is 0 Å². The Morgan fingerprint density at radius 1 is 1.42 bits per heavy atom. The fraction of sp³-hybridized carbons (Fsp3) is 1.00. The molecule has 0 aromatic rings. The highest BCUT2D eigenvalue weighted by Gasteiger charge is 2.24. The Bertz CT molecular complexity index is 117. The normalized spacial score (nSPS) is 27.5. The molecule has 1 aliphatic heterocycles. The summed E-state index contributed by atoms with van der Waals surface area (Å²) in [5.74, 6) is 1.59. The fourth-order valence-corrected chi connectivity index (χ4v) is 2.30. The lowest BCUT2D eigenvalue weighted by Crippen LogP contribution is -2.45. The van der Waals surface area contributed by atoms with E-state index in [0.717, 1.165) is 11.8 Å². The van der Waals surface area contributed by atoms with Gasteiger partial charge in [0.2, 0.25) is 0 Å². The van der Waals surface area contributed by atoms with Gasteiger partial charge in [-0.05, 0) is 44.8 Å². The predicted molar refractivity (Wildman–Crippen MR) is 53.3 cm³/mol. The van der Waals surface area contributed by atoms with Crippen molar-refractivity contribution < 1.29 is 0 Å². The van der Waals surface area contributed by atoms with Crippen LogP contribution in [0.2, 0.25) is 0 Å². The molecule has 72 valence electrons. The minimum absolute atomic E-state index is 0.692. The lowest BCUT2D eigenvalue weighted by molar-refractivity contribution is 0.246. The third-order valence-corrected chi connectivity index (χ3v) is 2.89. The summed E-state index contributed by atoms with van der Waals surface area (Å²) in [6, 6.07) is 0.692. The van der Waals surface area contributed by atoms with Crippen molar-refractivity contribution in [1.29, 1.82) is 0 Å². The molecule has 0 aromatic heterocycles. The van der Waals surface area contributed by atoms with Crippen molar-refractivity contribution in [2.24, 2.45) is 11.8 Å². The highest BCUT2D eigenvalue weighted by atomic mass is 14.9. The van der Waals surface area contributed by atoms with E-state index in [4.69, 9.17) is 0 Å². The van der Waals surface area contributed by atoms with E-state index in [2.05, 4.69) is 31.5 Å². The first kappa shape index (κ1) is 10.0. The lowest BCUT2D eigenvalue weighted by Gasteiger charge is -2.33. The number of hydrogen-bond acceptors (Lipinski definition) is 2. The maximum atomic E-state index is 3.46. The molecule has 0 unspecified atom stereocenters. The van der Waals surface area contributed by atoms with Gasteiger partial charge in [0.1, 0.15) is 0 Å². The Hall–Kier alpha value is -0.0800. The van der Waals surface area contributed by atoms with Crippen LogP contribution in [-0.4, -0.2) is 26.2 Å². The topological polar surface area (TPSA) is 24.1 Å². The molecule has 2 nitrogen and oxygen atoms in total. The Morgan fingerprint density at radius 2 is 2.17 bits per heavy atom. The van der Waals surface area contributed by atoms with Crippen LogP contribution in [0.4, 0.5) is 0 Å². The van der Waals surface area contributed by atoms with E-state index in [0.29, 0.717) is 6.04 Å². The first-order valence-corrected chi connectivity index (χ1v) is 5.13. The second-order valence-corrected chi connectivity index (χ2v) is 4.16. The molecule has 0 bridgehead atoms. The summed E-state index contributed by atoms with van der Waals surface area (Å²) in [5.41, 5.74) is 0. The Kier molecular flexibility index (Phi) is 4.02. The highest BCUT2D eigenvalue weighted by Crippen LogP contribution is 2.19. The van der Waals surface area contributed by atoms with Gasteiger partial charge in [-0.2, -0.15) is 0 Å². The van der Waals surface area contributed by atoms with Crippen LogP contribution in [0.15, 0.2) is 0 Å². The molecule has 1 fully saturated rings. The van der Waals surface area contributed by atoms with E-state index in [-0.39, 0.29) is 0 Å². The SMILES string of the molecule is CN[C@@H](C(C)C)[C@@H]1CCCNC1. The smallest absolute Gasteiger partial charge is 0.0127 e. The van der Waals surface area contributed by atoms with Gasteiger partial charge in [-0.1, -0.05) is 13.8 Å². The molecule has 12 heavy (non-hydrogen) atoms. The van der Waals surface area contributed by atoms with Gasteiger partial charge >= 0.3 is 0 Å². The minimum atomic E-state index is 0.692. The largest absolute Gasteiger partial charge is 0.316 e. The average Bonchev–Trinajstić information content (AvgIpc) is 2.07. The van der Waals surface area contributed by atoms with E-state index >= 15 is 0 Å². The molecule has 2 heteroatoms. The average molecular weight is 170 g/mol. The molecule has 0 saturated carbocycles. The van der Waals surface area contributed by atoms with E-state index in [1.807, 2.05) is 0 Å². The third kappa shape index (κ3) is 2.46. The summed E-state index contributed by atoms with van der Waals surface area (Å²) >= 11 is 0. The van der Waals surface area contributed by atoms with Crippen LogP contribution in [0, 0.1) is 11.8 Å². The number of hydrogen-bond donors (Lipinski definition) is 2. The monoisotopic (exact) mass is 170 g/mol. The van der Waals surface area contributed by atoms with Gasteiger partial charge < -0.3 is 10.6 Å². The zero-order valence-corrected chi connectivity index (χ0v) is 8.56. The second kappa shape index (κ2) is 4.83. The maximum absolute atomic E-state index is 3.46. The summed E-state index contributed by atoms with van der Waals surface area (Å²) < 4.78 is 0. The van der Waals surface area contributed by atoms with Gasteiger partial charge in [-0.25, -0.2) is 0 Å². The fourth-order valence-electron chi connectivity index (χ4n) is 2.30. The summed E-state index contributed by atoms with van der Waals surface area (Å²) in [4.78, 5) is 0. The van der Waals surface area contributed by atoms with Crippen LogP contribution >= 0.6 is 0 Å². The molecule has 1 heterocycles. The van der Waals surface area contributed by atoms with E-state index in [1.165, 1.54) is 25.9 Å². The molecule has 1 rings (SSSR count). The molecule has 0 amide bonds. The van der Waals surface area contributed by atoms with Crippen LogP contribution in [0.25, 0.3) is 0 Å². The van der Waals surface area contributed by atoms with Crippen LogP contribution in [0.5, 0.6) is 0 Å². The van der Waals surface area contributed by atoms with Crippen molar-refractivity contribution in [3.63, 3.8) is 0 Å². The molecular weight excluding hydrogens is 148 g/mol. The molecule has 2 N–H and O–H groups in total. The highest BCUT2D eigenvalue weighted by molar-refractivity contribution is 4.82. The minimum Gasteiger partial charge on any atom is -0.316 e. The summed E-state index contributed by atoms with van der Waals surface area (Å²) in [6.07, 6.45) is 2.73. The van der Waals surface area contributed by atoms with Crippen molar-refractivity contribution in [3.05, 3.63) is 0 Å². The standard InChI is InChI=1S/C10H22N2/c1-8(2)10(11-3)9-5-4-6-12-7-9/h8-12H,4-7H2,1-3H3/t9-,10+/m1/s1. The Morgan fingerprint density at radius 3 is 2.58 bits per heavy atom. The van der Waals surface area contributed by atoms with Gasteiger partial charge in [0.25, 0.3) is 0 Å². The number of nitrogens with one attached hydrogen (secondary N) is 2. The van der Waals surface area contributed by atoms with Crippen molar-refractivity contribution in [1.82, 2.24) is 10.6 Å². The summed E-state index contributed by atoms with van der Waals surface area (Å²) in [6.45, 7) is 7.01. The molecule has 0 radical (unpaired) electrons. The van der Waals surface area contributed by atoms with Gasteiger partial charge in [0.05, 0.1) is 0 Å². The third-order valence-electron chi connectivity index (χ3n) is 2.89. The molecule has 0 aromatic carbocycles. The van der Waals surface area contributed by atoms with Crippen LogP contribution in [0.3, 0.4) is 0 Å². The molecular formula is C10H22N2. The van der Waals surface area contributed by atoms with Crippen molar-refractivity contribution >= 4 is 0 Å². The summed E-state index contributed by atoms with van der Waals surface area (Å²) in [7, 11) is 2.08. The van der Waals surface area contributed by atoms with Gasteiger partial charge in [-0.3, -0.25) is 0 Å². The zero-order chi connectivity index (χ0) is 8.97. The maximum Gasteiger partial charge on any atom is 0.0127 e. The molecule has 1 saturated heterocycles. The van der Waals surface area contributed by atoms with Crippen molar-refractivity contribution in [2.75, 3.05) is 20.1 Å². The number of piperidine rings is 1. The Labute approximate surface area is 76.1 Å². The first-order chi connectivity index (χ1) is 5.75. The number of rotatable bonds is 3. The molecule has 2 atom stereocenters. The zero-order valence-electron chi connectivity index (χ0n) is 8.56. The van der Waals surface area contributed by atoms with E-state index in [1.54, 1.807) is 0 Å². The van der Waals surface area contributed by atoms with Gasteiger partial charge in [0.15, 0.2) is 0 Å². The predicted octanol–water partition coefficient (Wildman–Crippen LogP) is 1.23. The van der Waals surface area contributed by atoms with Gasteiger partial charge in [0, 0.05) is 6.04 Å². The quantitative estimate of drug-likeness (QED) is 0.665. The van der Waals surface area contributed by atoms with Gasteiger partial charge in [-0.15, -0.1) is 0 Å². The van der Waals surface area contributed by atoms with Crippen LogP contribution < -0.4 is 10.6 Å². The summed E-state index contributed by atoms with van der Waals surface area (Å²) in [5, 5.41) is 6.90. The Balaban J connectivity index is 2.40. The van der Waals surface area contributed by atoms with E-state index in [9.17, 15) is 0 Å². The molecule has 0 spiro atoms. The molecule has 1 aliphatic rings. The van der Waals surface area contributed by atoms with E-state index < -0.39 is 0 Å². The van der Waals surface area contributed by atoms with Crippen LogP contribution in [0.1, 0.15) is 26.7 Å². The van der Waals surface area contributed by atoms with Crippen molar-refractivity contribution in [3.8, 4) is 0 Å². The first-order valence-electron chi connectivity index (χ1n) is 5.13. The lowest BCUT2D eigenvalue weighted by atomic mass is 9.85. The van der Waals surface area contributed by atoms with Crippen molar-refractivity contribution in [2.45, 2.75) is 32.7 Å². The second-order valence-electron chi connectivity index (χ2n) is 4.16.